The molecule has 128 valence electrons. The van der Waals surface area contributed by atoms with E-state index in [-0.39, 0.29) is 0 Å². The van der Waals surface area contributed by atoms with Gasteiger partial charge in [0, 0.05) is 12.1 Å². The van der Waals surface area contributed by atoms with Crippen molar-refractivity contribution < 1.29 is 0 Å². The molecule has 1 aliphatic carbocycles. The molecule has 0 bridgehead atoms. The van der Waals surface area contributed by atoms with Gasteiger partial charge in [-0.25, -0.2) is 0 Å². The average Bonchev–Trinajstić information content (AvgIpc) is 2.97. The van der Waals surface area contributed by atoms with Crippen LogP contribution in [0.5, 0.6) is 0 Å². The summed E-state index contributed by atoms with van der Waals surface area (Å²) in [5, 5.41) is 5.12. The van der Waals surface area contributed by atoms with E-state index in [4.69, 9.17) is 23.2 Å². The summed E-state index contributed by atoms with van der Waals surface area (Å²) in [5.74, 6) is 0. The van der Waals surface area contributed by atoms with Crippen LogP contribution in [-0.4, -0.2) is 34.1 Å². The summed E-state index contributed by atoms with van der Waals surface area (Å²) in [6.45, 7) is 2.29. The summed E-state index contributed by atoms with van der Waals surface area (Å²) in [5.41, 5.74) is 1.26. The van der Waals surface area contributed by atoms with Crippen molar-refractivity contribution in [3.05, 3.63) is 33.8 Å². The van der Waals surface area contributed by atoms with Crippen LogP contribution >= 0.6 is 45.8 Å². The van der Waals surface area contributed by atoms with Gasteiger partial charge in [0.1, 0.15) is 0 Å². The minimum absolute atomic E-state index is 0.637. The Hall–Kier alpha value is 0.450. The average molecular weight is 467 g/mol. The first kappa shape index (κ1) is 18.2. The predicted octanol–water partition coefficient (Wildman–Crippen LogP) is 5.29. The van der Waals surface area contributed by atoms with Crippen LogP contribution in [-0.2, 0) is 6.42 Å². The minimum Gasteiger partial charge on any atom is -0.312 e. The zero-order valence-corrected chi connectivity index (χ0v) is 17.1. The monoisotopic (exact) mass is 466 g/mol. The fourth-order valence-electron chi connectivity index (χ4n) is 3.97. The smallest absolute Gasteiger partial charge is 0.0622 e. The first-order valence-electron chi connectivity index (χ1n) is 8.72. The Balaban J connectivity index is 1.53. The van der Waals surface area contributed by atoms with E-state index in [2.05, 4.69) is 38.9 Å². The summed E-state index contributed by atoms with van der Waals surface area (Å²) < 4.78 is 0.732. The lowest BCUT2D eigenvalue weighted by atomic mass is 9.89. The van der Waals surface area contributed by atoms with Crippen LogP contribution in [0.4, 0.5) is 0 Å². The van der Waals surface area contributed by atoms with E-state index in [1.54, 1.807) is 0 Å². The highest BCUT2D eigenvalue weighted by Crippen LogP contribution is 2.32. The summed E-state index contributed by atoms with van der Waals surface area (Å²) in [7, 11) is 0. The first-order valence-corrected chi connectivity index (χ1v) is 10.7. The quantitative estimate of drug-likeness (QED) is 0.360. The number of benzene rings is 1. The SMILES string of the molecule is Clc1ccc(CCNC2CCCCC2N2CCCC2I)cc1Cl. The zero-order chi connectivity index (χ0) is 16.2. The second-order valence-electron chi connectivity index (χ2n) is 6.73. The van der Waals surface area contributed by atoms with Gasteiger partial charge in [0.25, 0.3) is 0 Å². The first-order chi connectivity index (χ1) is 11.1. The van der Waals surface area contributed by atoms with Gasteiger partial charge in [0.05, 0.1) is 14.1 Å². The molecule has 2 nitrogen and oxygen atoms in total. The maximum absolute atomic E-state index is 6.11. The molecule has 0 spiro atoms. The number of hydrogen-bond acceptors (Lipinski definition) is 2. The van der Waals surface area contributed by atoms with Crippen LogP contribution < -0.4 is 5.32 Å². The van der Waals surface area contributed by atoms with E-state index in [9.17, 15) is 0 Å². The van der Waals surface area contributed by atoms with Crippen molar-refractivity contribution in [1.82, 2.24) is 10.2 Å². The lowest BCUT2D eigenvalue weighted by Crippen LogP contribution is -2.52. The molecule has 1 aromatic rings. The molecule has 1 N–H and O–H groups in total. The summed E-state index contributed by atoms with van der Waals surface area (Å²) in [4.78, 5) is 2.75. The molecule has 1 saturated carbocycles. The van der Waals surface area contributed by atoms with Gasteiger partial charge in [-0.05, 0) is 62.9 Å². The molecule has 3 rings (SSSR count). The summed E-state index contributed by atoms with van der Waals surface area (Å²) in [6.07, 6.45) is 9.13. The van der Waals surface area contributed by atoms with Crippen molar-refractivity contribution in [3.63, 3.8) is 0 Å². The van der Waals surface area contributed by atoms with Gasteiger partial charge in [-0.1, -0.05) is 64.7 Å². The molecule has 1 saturated heterocycles. The van der Waals surface area contributed by atoms with E-state index < -0.39 is 0 Å². The Morgan fingerprint density at radius 1 is 1.09 bits per heavy atom. The van der Waals surface area contributed by atoms with Crippen LogP contribution in [0.1, 0.15) is 44.1 Å². The normalized spacial score (nSPS) is 29.1. The number of hydrogen-bond donors (Lipinski definition) is 1. The molecule has 3 unspecified atom stereocenters. The maximum Gasteiger partial charge on any atom is 0.0622 e. The van der Waals surface area contributed by atoms with Gasteiger partial charge in [-0.15, -0.1) is 0 Å². The van der Waals surface area contributed by atoms with Crippen LogP contribution in [0.25, 0.3) is 0 Å². The van der Waals surface area contributed by atoms with E-state index in [0.717, 1.165) is 23.1 Å². The number of halogens is 3. The predicted molar refractivity (Wildman–Crippen MR) is 108 cm³/mol. The summed E-state index contributed by atoms with van der Waals surface area (Å²) >= 11 is 14.7. The van der Waals surface area contributed by atoms with Crippen molar-refractivity contribution in [2.24, 2.45) is 0 Å². The molecular weight excluding hydrogens is 442 g/mol. The van der Waals surface area contributed by atoms with Crippen LogP contribution in [0.3, 0.4) is 0 Å². The fraction of sp³-hybridized carbons (Fsp3) is 0.667. The van der Waals surface area contributed by atoms with Crippen molar-refractivity contribution in [2.75, 3.05) is 13.1 Å². The Morgan fingerprint density at radius 2 is 1.91 bits per heavy atom. The van der Waals surface area contributed by atoms with Gasteiger partial charge in [0.2, 0.25) is 0 Å². The number of rotatable bonds is 5. The lowest BCUT2D eigenvalue weighted by molar-refractivity contribution is 0.143. The minimum atomic E-state index is 0.637. The highest BCUT2D eigenvalue weighted by molar-refractivity contribution is 14.1. The van der Waals surface area contributed by atoms with Gasteiger partial charge in [-0.3, -0.25) is 4.90 Å². The molecule has 0 amide bonds. The molecule has 23 heavy (non-hydrogen) atoms. The molecule has 1 aliphatic heterocycles. The van der Waals surface area contributed by atoms with E-state index in [1.807, 2.05) is 12.1 Å². The third-order valence-corrected chi connectivity index (χ3v) is 7.26. The van der Waals surface area contributed by atoms with Gasteiger partial charge in [0.15, 0.2) is 0 Å². The fourth-order valence-corrected chi connectivity index (χ4v) is 5.42. The molecule has 5 heteroatoms. The Morgan fingerprint density at radius 3 is 2.65 bits per heavy atom. The standard InChI is InChI=1S/C18H25Cl2IN2/c19-14-8-7-13(12-15(14)20)9-10-22-16-4-1-2-5-17(16)23-11-3-6-18(23)21/h7-8,12,16-18,22H,1-6,9-11H2. The second-order valence-corrected chi connectivity index (χ2v) is 8.98. The molecule has 0 aromatic heterocycles. The Kier molecular flexibility index (Phi) is 6.91. The highest BCUT2D eigenvalue weighted by Gasteiger charge is 2.35. The van der Waals surface area contributed by atoms with Gasteiger partial charge in [-0.2, -0.15) is 0 Å². The molecule has 1 heterocycles. The number of nitrogens with one attached hydrogen (secondary N) is 1. The highest BCUT2D eigenvalue weighted by atomic mass is 127. The second kappa shape index (κ2) is 8.70. The lowest BCUT2D eigenvalue weighted by Gasteiger charge is -2.40. The van der Waals surface area contributed by atoms with Crippen LogP contribution in [0, 0.1) is 0 Å². The van der Waals surface area contributed by atoms with Crippen molar-refractivity contribution in [2.45, 2.75) is 61.1 Å². The summed E-state index contributed by atoms with van der Waals surface area (Å²) in [6, 6.07) is 7.33. The number of likely N-dealkylation sites (tertiary alicyclic amines) is 1. The Labute approximate surface area is 163 Å². The molecule has 2 fully saturated rings. The van der Waals surface area contributed by atoms with Crippen molar-refractivity contribution >= 4 is 45.8 Å². The van der Waals surface area contributed by atoms with Crippen LogP contribution in [0.2, 0.25) is 10.0 Å². The third-order valence-electron chi connectivity index (χ3n) is 5.18. The third kappa shape index (κ3) is 4.75. The maximum atomic E-state index is 6.11. The number of nitrogens with zero attached hydrogens (tertiary/aromatic N) is 1. The Bertz CT molecular complexity index is 526. The van der Waals surface area contributed by atoms with Crippen molar-refractivity contribution in [1.29, 1.82) is 0 Å². The number of alkyl halides is 1. The topological polar surface area (TPSA) is 15.3 Å². The van der Waals surface area contributed by atoms with Gasteiger partial charge >= 0.3 is 0 Å². The molecule has 3 atom stereocenters. The van der Waals surface area contributed by atoms with E-state index >= 15 is 0 Å². The molecule has 2 aliphatic rings. The van der Waals surface area contributed by atoms with E-state index in [0.29, 0.717) is 16.1 Å². The van der Waals surface area contributed by atoms with Crippen molar-refractivity contribution in [3.8, 4) is 0 Å². The van der Waals surface area contributed by atoms with Crippen LogP contribution in [0.15, 0.2) is 18.2 Å². The molecule has 1 aromatic carbocycles. The molecular formula is C18H25Cl2IN2. The van der Waals surface area contributed by atoms with E-state index in [1.165, 1.54) is 50.6 Å². The van der Waals surface area contributed by atoms with Gasteiger partial charge < -0.3 is 5.32 Å². The largest absolute Gasteiger partial charge is 0.312 e. The zero-order valence-electron chi connectivity index (χ0n) is 13.4. The molecule has 0 radical (unpaired) electrons.